The molecule has 1 spiro atoms. The summed E-state index contributed by atoms with van der Waals surface area (Å²) in [7, 11) is 0. The van der Waals surface area contributed by atoms with Crippen molar-refractivity contribution >= 4 is 11.7 Å². The molecular weight excluding hydrogens is 299 g/mol. The Morgan fingerprint density at radius 2 is 1.95 bits per heavy atom. The molecule has 0 radical (unpaired) electrons. The Kier molecular flexibility index (Phi) is 3.56. The third-order valence-corrected chi connectivity index (χ3v) is 3.75. The van der Waals surface area contributed by atoms with E-state index >= 15 is 0 Å². The maximum Gasteiger partial charge on any atom is 0.573 e. The van der Waals surface area contributed by atoms with E-state index in [1.165, 1.54) is 18.2 Å². The highest BCUT2D eigenvalue weighted by molar-refractivity contribution is 6.15. The minimum absolute atomic E-state index is 0.203. The Balaban J connectivity index is 1.87. The molecule has 118 valence electrons. The van der Waals surface area contributed by atoms with Crippen LogP contribution in [0.15, 0.2) is 29.3 Å². The normalized spacial score (nSPS) is 20.7. The lowest BCUT2D eigenvalue weighted by atomic mass is 9.89. The highest BCUT2D eigenvalue weighted by Crippen LogP contribution is 2.29. The summed E-state index contributed by atoms with van der Waals surface area (Å²) in [5.41, 5.74) is -0.410. The molecule has 22 heavy (non-hydrogen) atoms. The fraction of sp³-hybridized carbons (Fsp3) is 0.429. The molecule has 1 saturated heterocycles. The number of nitrogens with zero attached hydrogens (tertiary/aromatic N) is 1. The topological polar surface area (TPSA) is 62.7 Å². The van der Waals surface area contributed by atoms with Gasteiger partial charge in [-0.05, 0) is 38.1 Å². The average molecular weight is 313 g/mol. The number of alkyl halides is 3. The minimum Gasteiger partial charge on any atom is -0.406 e. The molecule has 2 aliphatic rings. The molecule has 1 amide bonds. The summed E-state index contributed by atoms with van der Waals surface area (Å²) < 4.78 is 40.7. The number of hydrogen-bond donors (Lipinski definition) is 2. The minimum atomic E-state index is -4.75. The van der Waals surface area contributed by atoms with Crippen LogP contribution < -0.4 is 15.4 Å². The Bertz CT molecular complexity index is 622. The van der Waals surface area contributed by atoms with E-state index in [2.05, 4.69) is 20.4 Å². The molecule has 0 bridgehead atoms. The van der Waals surface area contributed by atoms with E-state index in [9.17, 15) is 18.0 Å². The van der Waals surface area contributed by atoms with Crippen LogP contribution in [0.4, 0.5) is 13.2 Å². The molecule has 8 heteroatoms. The number of piperidine rings is 1. The highest BCUT2D eigenvalue weighted by Gasteiger charge is 2.44. The molecule has 0 unspecified atom stereocenters. The molecule has 1 aromatic rings. The van der Waals surface area contributed by atoms with Gasteiger partial charge in [-0.25, -0.2) is 0 Å². The standard InChI is InChI=1S/C14H14F3N3O2/c15-14(16,17)22-10-3-1-2-9(8-10)11-19-12(21)13(20-11)4-6-18-7-5-13/h1-3,8,18H,4-7H2,(H,19,20,21). The first kappa shape index (κ1) is 14.8. The van der Waals surface area contributed by atoms with Crippen LogP contribution in [0.5, 0.6) is 5.75 Å². The van der Waals surface area contributed by atoms with Crippen molar-refractivity contribution in [3.8, 4) is 5.75 Å². The maximum absolute atomic E-state index is 12.3. The van der Waals surface area contributed by atoms with Gasteiger partial charge in [0.15, 0.2) is 0 Å². The molecule has 0 aliphatic carbocycles. The molecule has 0 aromatic heterocycles. The fourth-order valence-corrected chi connectivity index (χ4v) is 2.67. The van der Waals surface area contributed by atoms with Crippen molar-refractivity contribution < 1.29 is 22.7 Å². The number of hydrogen-bond acceptors (Lipinski definition) is 4. The summed E-state index contributed by atoms with van der Waals surface area (Å²) in [5.74, 6) is -0.251. The van der Waals surface area contributed by atoms with E-state index in [-0.39, 0.29) is 11.7 Å². The summed E-state index contributed by atoms with van der Waals surface area (Å²) in [6, 6.07) is 5.43. The van der Waals surface area contributed by atoms with Gasteiger partial charge < -0.3 is 15.4 Å². The van der Waals surface area contributed by atoms with Gasteiger partial charge in [-0.15, -0.1) is 13.2 Å². The van der Waals surface area contributed by atoms with Crippen LogP contribution in [-0.4, -0.2) is 36.7 Å². The maximum atomic E-state index is 12.3. The van der Waals surface area contributed by atoms with Gasteiger partial charge in [0.05, 0.1) is 0 Å². The average Bonchev–Trinajstić information content (AvgIpc) is 2.75. The summed E-state index contributed by atoms with van der Waals surface area (Å²) >= 11 is 0. The number of carbonyl (C=O) groups excluding carboxylic acids is 1. The zero-order valence-corrected chi connectivity index (χ0v) is 11.5. The molecule has 0 atom stereocenters. The summed E-state index contributed by atoms with van der Waals surface area (Å²) in [6.07, 6.45) is -3.61. The Morgan fingerprint density at radius 3 is 2.64 bits per heavy atom. The van der Waals surface area contributed by atoms with Crippen LogP contribution in [0.3, 0.4) is 0 Å². The van der Waals surface area contributed by atoms with Gasteiger partial charge in [0.2, 0.25) is 0 Å². The SMILES string of the molecule is O=C1NC(c2cccc(OC(F)(F)F)c2)=NC12CCNCC2. The van der Waals surface area contributed by atoms with Crippen LogP contribution >= 0.6 is 0 Å². The van der Waals surface area contributed by atoms with Crippen molar-refractivity contribution in [2.45, 2.75) is 24.7 Å². The van der Waals surface area contributed by atoms with Gasteiger partial charge in [0, 0.05) is 5.56 Å². The molecule has 3 rings (SSSR count). The second kappa shape index (κ2) is 5.28. The van der Waals surface area contributed by atoms with Gasteiger partial charge >= 0.3 is 6.36 Å². The van der Waals surface area contributed by atoms with Crippen LogP contribution in [0.1, 0.15) is 18.4 Å². The molecule has 2 aliphatic heterocycles. The molecule has 5 nitrogen and oxygen atoms in total. The number of amidine groups is 1. The van der Waals surface area contributed by atoms with Crippen molar-refractivity contribution in [2.24, 2.45) is 4.99 Å². The highest BCUT2D eigenvalue weighted by atomic mass is 19.4. The number of benzene rings is 1. The van der Waals surface area contributed by atoms with Crippen molar-refractivity contribution in [2.75, 3.05) is 13.1 Å². The lowest BCUT2D eigenvalue weighted by Crippen LogP contribution is -2.47. The van der Waals surface area contributed by atoms with Gasteiger partial charge in [-0.2, -0.15) is 0 Å². The van der Waals surface area contributed by atoms with Crippen molar-refractivity contribution in [1.29, 1.82) is 0 Å². The first-order valence-corrected chi connectivity index (χ1v) is 6.86. The summed E-state index contributed by atoms with van der Waals surface area (Å²) in [4.78, 5) is 16.6. The van der Waals surface area contributed by atoms with Crippen LogP contribution in [0.2, 0.25) is 0 Å². The van der Waals surface area contributed by atoms with Gasteiger partial charge in [0.1, 0.15) is 17.1 Å². The van der Waals surface area contributed by atoms with E-state index in [4.69, 9.17) is 0 Å². The van der Waals surface area contributed by atoms with Gasteiger partial charge in [-0.1, -0.05) is 12.1 Å². The zero-order chi connectivity index (χ0) is 15.8. The van der Waals surface area contributed by atoms with Crippen molar-refractivity contribution in [1.82, 2.24) is 10.6 Å². The van der Waals surface area contributed by atoms with Crippen LogP contribution in [0.25, 0.3) is 0 Å². The monoisotopic (exact) mass is 313 g/mol. The van der Waals surface area contributed by atoms with E-state index in [1.54, 1.807) is 6.07 Å². The molecule has 1 aromatic carbocycles. The van der Waals surface area contributed by atoms with Gasteiger partial charge in [-0.3, -0.25) is 9.79 Å². The fourth-order valence-electron chi connectivity index (χ4n) is 2.67. The summed E-state index contributed by atoms with van der Waals surface area (Å²) in [5, 5.41) is 5.82. The zero-order valence-electron chi connectivity index (χ0n) is 11.5. The van der Waals surface area contributed by atoms with Crippen molar-refractivity contribution in [3.05, 3.63) is 29.8 Å². The van der Waals surface area contributed by atoms with E-state index < -0.39 is 11.9 Å². The molecular formula is C14H14F3N3O2. The third kappa shape index (κ3) is 2.92. The first-order valence-electron chi connectivity index (χ1n) is 6.86. The second-order valence-corrected chi connectivity index (χ2v) is 5.27. The van der Waals surface area contributed by atoms with Crippen LogP contribution in [0, 0.1) is 0 Å². The number of ether oxygens (including phenoxy) is 1. The smallest absolute Gasteiger partial charge is 0.406 e. The molecule has 1 fully saturated rings. The quantitative estimate of drug-likeness (QED) is 0.871. The number of halogens is 3. The Morgan fingerprint density at radius 1 is 1.23 bits per heavy atom. The molecule has 2 N–H and O–H groups in total. The molecule has 2 heterocycles. The van der Waals surface area contributed by atoms with Gasteiger partial charge in [0.25, 0.3) is 5.91 Å². The number of rotatable bonds is 2. The predicted octanol–water partition coefficient (Wildman–Crippen LogP) is 1.58. The second-order valence-electron chi connectivity index (χ2n) is 5.27. The van der Waals surface area contributed by atoms with E-state index in [0.717, 1.165) is 0 Å². The Labute approximate surface area is 124 Å². The third-order valence-electron chi connectivity index (χ3n) is 3.75. The van der Waals surface area contributed by atoms with Crippen molar-refractivity contribution in [3.63, 3.8) is 0 Å². The Hall–Kier alpha value is -2.09. The predicted molar refractivity (Wildman–Crippen MR) is 72.6 cm³/mol. The van der Waals surface area contributed by atoms with E-state index in [1.807, 2.05) is 0 Å². The number of carbonyl (C=O) groups is 1. The molecule has 0 saturated carbocycles. The van der Waals surface area contributed by atoms with E-state index in [0.29, 0.717) is 37.3 Å². The number of nitrogens with one attached hydrogen (secondary N) is 2. The van der Waals surface area contributed by atoms with Crippen LogP contribution in [-0.2, 0) is 4.79 Å². The summed E-state index contributed by atoms with van der Waals surface area (Å²) in [6.45, 7) is 1.36. The number of aliphatic imine (C=N–C) groups is 1. The lowest BCUT2D eigenvalue weighted by Gasteiger charge is -2.28. The lowest BCUT2D eigenvalue weighted by molar-refractivity contribution is -0.274. The first-order chi connectivity index (χ1) is 10.4. The largest absolute Gasteiger partial charge is 0.573 e. The number of amides is 1.